The molecular formula is C17H27N3. The summed E-state index contributed by atoms with van der Waals surface area (Å²) in [5, 5.41) is 3.55. The van der Waals surface area contributed by atoms with Crippen LogP contribution < -0.4 is 5.32 Å². The van der Waals surface area contributed by atoms with E-state index in [2.05, 4.69) is 61.6 Å². The van der Waals surface area contributed by atoms with E-state index >= 15 is 0 Å². The highest BCUT2D eigenvalue weighted by Crippen LogP contribution is 2.25. The lowest BCUT2D eigenvalue weighted by atomic mass is 10.0. The maximum absolute atomic E-state index is 4.59. The molecule has 20 heavy (non-hydrogen) atoms. The quantitative estimate of drug-likeness (QED) is 0.810. The molecule has 0 saturated carbocycles. The maximum atomic E-state index is 4.59. The summed E-state index contributed by atoms with van der Waals surface area (Å²) in [6, 6.07) is 4.92. The Morgan fingerprint density at radius 1 is 1.20 bits per heavy atom. The Morgan fingerprint density at radius 2 is 1.90 bits per heavy atom. The van der Waals surface area contributed by atoms with E-state index in [0.29, 0.717) is 12.0 Å². The number of hydrogen-bond donors (Lipinski definition) is 1. The highest BCUT2D eigenvalue weighted by atomic mass is 15.1. The Labute approximate surface area is 122 Å². The number of aryl methyl sites for hydroxylation is 2. The molecule has 1 N–H and O–H groups in total. The van der Waals surface area contributed by atoms with Crippen molar-refractivity contribution < 1.29 is 0 Å². The average Bonchev–Trinajstić information content (AvgIpc) is 2.78. The van der Waals surface area contributed by atoms with Crippen LogP contribution in [0.2, 0.25) is 0 Å². The van der Waals surface area contributed by atoms with Crippen LogP contribution in [-0.4, -0.2) is 22.6 Å². The Bertz CT molecular complexity index is 569. The summed E-state index contributed by atoms with van der Waals surface area (Å²) in [7, 11) is 0. The summed E-state index contributed by atoms with van der Waals surface area (Å²) in [4.78, 5) is 4.59. The molecule has 1 aromatic carbocycles. The van der Waals surface area contributed by atoms with Crippen LogP contribution in [0.4, 0.5) is 0 Å². The Morgan fingerprint density at radius 3 is 2.55 bits per heavy atom. The summed E-state index contributed by atoms with van der Waals surface area (Å²) in [5.74, 6) is 0.582. The Kier molecular flexibility index (Phi) is 4.81. The molecule has 1 aromatic heterocycles. The lowest BCUT2D eigenvalue weighted by Gasteiger charge is -2.24. The first-order valence-electron chi connectivity index (χ1n) is 7.69. The standard InChI is InChI=1S/C17H27N3/c1-6-7-18-10-17(12(2)3)20-11-19-15-8-13(4)14(5)9-16(15)20/h8-9,11-12,17-18H,6-7,10H2,1-5H3. The molecular weight excluding hydrogens is 246 g/mol. The lowest BCUT2D eigenvalue weighted by Crippen LogP contribution is -2.29. The normalized spacial score (nSPS) is 13.3. The van der Waals surface area contributed by atoms with Gasteiger partial charge in [-0.05, 0) is 56.0 Å². The van der Waals surface area contributed by atoms with Crippen LogP contribution in [0.25, 0.3) is 11.0 Å². The Hall–Kier alpha value is -1.35. The van der Waals surface area contributed by atoms with Gasteiger partial charge in [0.05, 0.1) is 17.4 Å². The Balaban J connectivity index is 2.35. The van der Waals surface area contributed by atoms with Gasteiger partial charge in [-0.25, -0.2) is 4.98 Å². The van der Waals surface area contributed by atoms with Crippen LogP contribution in [0.1, 0.15) is 44.4 Å². The predicted molar refractivity (Wildman–Crippen MR) is 86.2 cm³/mol. The van der Waals surface area contributed by atoms with Crippen molar-refractivity contribution in [2.75, 3.05) is 13.1 Å². The van der Waals surface area contributed by atoms with Gasteiger partial charge < -0.3 is 9.88 Å². The third-order valence-corrected chi connectivity index (χ3v) is 4.10. The minimum Gasteiger partial charge on any atom is -0.326 e. The molecule has 0 spiro atoms. The molecule has 2 rings (SSSR count). The van der Waals surface area contributed by atoms with Crippen molar-refractivity contribution in [1.29, 1.82) is 0 Å². The van der Waals surface area contributed by atoms with E-state index in [1.807, 2.05) is 6.33 Å². The fourth-order valence-corrected chi connectivity index (χ4v) is 2.63. The highest BCUT2D eigenvalue weighted by molar-refractivity contribution is 5.77. The summed E-state index contributed by atoms with van der Waals surface area (Å²) in [6.07, 6.45) is 3.18. The van der Waals surface area contributed by atoms with Gasteiger partial charge in [-0.15, -0.1) is 0 Å². The van der Waals surface area contributed by atoms with Crippen molar-refractivity contribution in [3.8, 4) is 0 Å². The highest BCUT2D eigenvalue weighted by Gasteiger charge is 2.17. The van der Waals surface area contributed by atoms with Crippen LogP contribution in [0.15, 0.2) is 18.5 Å². The van der Waals surface area contributed by atoms with E-state index in [4.69, 9.17) is 0 Å². The van der Waals surface area contributed by atoms with Gasteiger partial charge in [-0.2, -0.15) is 0 Å². The van der Waals surface area contributed by atoms with Crippen LogP contribution >= 0.6 is 0 Å². The second-order valence-electron chi connectivity index (χ2n) is 6.09. The summed E-state index contributed by atoms with van der Waals surface area (Å²) in [6.45, 7) is 13.2. The molecule has 0 radical (unpaired) electrons. The van der Waals surface area contributed by atoms with E-state index < -0.39 is 0 Å². The van der Waals surface area contributed by atoms with Crippen molar-refractivity contribution in [1.82, 2.24) is 14.9 Å². The maximum Gasteiger partial charge on any atom is 0.0961 e. The first kappa shape index (κ1) is 15.0. The molecule has 2 aromatic rings. The number of nitrogens with zero attached hydrogens (tertiary/aromatic N) is 2. The number of nitrogens with one attached hydrogen (secondary N) is 1. The monoisotopic (exact) mass is 273 g/mol. The summed E-state index contributed by atoms with van der Waals surface area (Å²) >= 11 is 0. The molecule has 0 fully saturated rings. The molecule has 3 heteroatoms. The SMILES string of the molecule is CCCNCC(C(C)C)n1cnc2cc(C)c(C)cc21. The van der Waals surface area contributed by atoms with Gasteiger partial charge in [-0.1, -0.05) is 20.8 Å². The summed E-state index contributed by atoms with van der Waals surface area (Å²) in [5.41, 5.74) is 5.01. The van der Waals surface area contributed by atoms with Crippen LogP contribution in [0, 0.1) is 19.8 Å². The third-order valence-electron chi connectivity index (χ3n) is 4.10. The van der Waals surface area contributed by atoms with E-state index in [9.17, 15) is 0 Å². The number of benzene rings is 1. The van der Waals surface area contributed by atoms with Crippen molar-refractivity contribution in [2.24, 2.45) is 5.92 Å². The van der Waals surface area contributed by atoms with Crippen LogP contribution in [0.3, 0.4) is 0 Å². The first-order chi connectivity index (χ1) is 9.54. The molecule has 3 nitrogen and oxygen atoms in total. The van der Waals surface area contributed by atoms with E-state index in [0.717, 1.165) is 18.6 Å². The van der Waals surface area contributed by atoms with Gasteiger partial charge in [0.25, 0.3) is 0 Å². The number of aromatic nitrogens is 2. The van der Waals surface area contributed by atoms with Crippen LogP contribution in [0.5, 0.6) is 0 Å². The van der Waals surface area contributed by atoms with Gasteiger partial charge in [-0.3, -0.25) is 0 Å². The van der Waals surface area contributed by atoms with Gasteiger partial charge >= 0.3 is 0 Å². The molecule has 0 aliphatic heterocycles. The first-order valence-corrected chi connectivity index (χ1v) is 7.69. The van der Waals surface area contributed by atoms with E-state index in [1.165, 1.54) is 23.1 Å². The number of rotatable bonds is 6. The number of imidazole rings is 1. The second kappa shape index (κ2) is 6.40. The fraction of sp³-hybridized carbons (Fsp3) is 0.588. The minimum atomic E-state index is 0.452. The molecule has 1 heterocycles. The molecule has 110 valence electrons. The molecule has 0 bridgehead atoms. The van der Waals surface area contributed by atoms with Crippen molar-refractivity contribution in [3.63, 3.8) is 0 Å². The number of fused-ring (bicyclic) bond motifs is 1. The van der Waals surface area contributed by atoms with Gasteiger partial charge in [0.1, 0.15) is 0 Å². The van der Waals surface area contributed by atoms with Crippen molar-refractivity contribution in [3.05, 3.63) is 29.6 Å². The zero-order valence-corrected chi connectivity index (χ0v) is 13.4. The van der Waals surface area contributed by atoms with E-state index in [-0.39, 0.29) is 0 Å². The van der Waals surface area contributed by atoms with Crippen LogP contribution in [-0.2, 0) is 0 Å². The molecule has 1 unspecified atom stereocenters. The third kappa shape index (κ3) is 3.04. The largest absolute Gasteiger partial charge is 0.326 e. The minimum absolute atomic E-state index is 0.452. The second-order valence-corrected chi connectivity index (χ2v) is 6.09. The van der Waals surface area contributed by atoms with E-state index in [1.54, 1.807) is 0 Å². The lowest BCUT2D eigenvalue weighted by molar-refractivity contribution is 0.364. The smallest absolute Gasteiger partial charge is 0.0961 e. The van der Waals surface area contributed by atoms with Gasteiger partial charge in [0.15, 0.2) is 0 Å². The molecule has 0 saturated heterocycles. The van der Waals surface area contributed by atoms with Gasteiger partial charge in [0, 0.05) is 12.6 Å². The molecule has 1 atom stereocenters. The van der Waals surface area contributed by atoms with Crippen molar-refractivity contribution in [2.45, 2.75) is 47.1 Å². The summed E-state index contributed by atoms with van der Waals surface area (Å²) < 4.78 is 2.34. The van der Waals surface area contributed by atoms with Crippen molar-refractivity contribution >= 4 is 11.0 Å². The predicted octanol–water partition coefficient (Wildman–Crippen LogP) is 3.85. The topological polar surface area (TPSA) is 29.9 Å². The molecule has 0 aliphatic rings. The fourth-order valence-electron chi connectivity index (χ4n) is 2.63. The molecule has 0 amide bonds. The zero-order chi connectivity index (χ0) is 14.7. The zero-order valence-electron chi connectivity index (χ0n) is 13.4. The average molecular weight is 273 g/mol. The number of hydrogen-bond acceptors (Lipinski definition) is 2. The van der Waals surface area contributed by atoms with Gasteiger partial charge in [0.2, 0.25) is 0 Å². The molecule has 0 aliphatic carbocycles.